The van der Waals surface area contributed by atoms with Crippen LogP contribution >= 0.6 is 11.8 Å². The minimum absolute atomic E-state index is 0.0542. The van der Waals surface area contributed by atoms with Crippen LogP contribution in [-0.2, 0) is 11.3 Å². The van der Waals surface area contributed by atoms with Crippen LogP contribution in [0.25, 0.3) is 0 Å². The molecule has 0 radical (unpaired) electrons. The van der Waals surface area contributed by atoms with Crippen molar-refractivity contribution in [3.8, 4) is 0 Å². The summed E-state index contributed by atoms with van der Waals surface area (Å²) in [5, 5.41) is 9.07. The number of anilines is 1. The van der Waals surface area contributed by atoms with Crippen LogP contribution in [0.15, 0.2) is 45.9 Å². The van der Waals surface area contributed by atoms with Crippen molar-refractivity contribution in [3.05, 3.63) is 47.9 Å². The lowest BCUT2D eigenvalue weighted by atomic mass is 10.1. The molecule has 5 nitrogen and oxygen atoms in total. The second kappa shape index (κ2) is 5.05. The van der Waals surface area contributed by atoms with E-state index in [1.165, 1.54) is 17.8 Å². The number of carboxylic acid groups (broad SMARTS) is 1. The van der Waals surface area contributed by atoms with Gasteiger partial charge in [-0.3, -0.25) is 4.79 Å². The first-order valence-corrected chi connectivity index (χ1v) is 6.96. The molecule has 0 aliphatic carbocycles. The zero-order valence-electron chi connectivity index (χ0n) is 10.4. The molecular formula is C14H11NO4S. The zero-order valence-corrected chi connectivity index (χ0v) is 11.2. The summed E-state index contributed by atoms with van der Waals surface area (Å²) in [6.07, 6.45) is 1.55. The molecule has 1 N–H and O–H groups in total. The quantitative estimate of drug-likeness (QED) is 0.940. The van der Waals surface area contributed by atoms with Crippen LogP contribution in [0, 0.1) is 0 Å². The summed E-state index contributed by atoms with van der Waals surface area (Å²) in [5.41, 5.74) is 0.797. The SMILES string of the molecule is O=C(O)c1ccc2c(c1)N(Cc1ccco1)C(=O)CS2. The Morgan fingerprint density at radius 2 is 2.25 bits per heavy atom. The van der Waals surface area contributed by atoms with Gasteiger partial charge in [0.1, 0.15) is 5.76 Å². The number of thioether (sulfide) groups is 1. The predicted molar refractivity (Wildman–Crippen MR) is 74.0 cm³/mol. The molecule has 1 aliphatic heterocycles. The van der Waals surface area contributed by atoms with Gasteiger partial charge in [-0.05, 0) is 30.3 Å². The molecule has 2 aromatic rings. The number of amides is 1. The normalized spacial score (nSPS) is 14.2. The van der Waals surface area contributed by atoms with Crippen LogP contribution in [0.2, 0.25) is 0 Å². The molecule has 1 amide bonds. The minimum atomic E-state index is -1.01. The summed E-state index contributed by atoms with van der Waals surface area (Å²) in [4.78, 5) is 25.6. The summed E-state index contributed by atoms with van der Waals surface area (Å²) < 4.78 is 5.26. The van der Waals surface area contributed by atoms with Crippen LogP contribution in [0.5, 0.6) is 0 Å². The van der Waals surface area contributed by atoms with E-state index < -0.39 is 5.97 Å². The number of hydrogen-bond acceptors (Lipinski definition) is 4. The number of furan rings is 1. The molecule has 3 rings (SSSR count). The van der Waals surface area contributed by atoms with Gasteiger partial charge in [-0.2, -0.15) is 0 Å². The molecule has 6 heteroatoms. The highest BCUT2D eigenvalue weighted by atomic mass is 32.2. The smallest absolute Gasteiger partial charge is 0.335 e. The Balaban J connectivity index is 2.00. The number of carboxylic acids is 1. The van der Waals surface area contributed by atoms with Crippen LogP contribution in [-0.4, -0.2) is 22.7 Å². The number of rotatable bonds is 3. The number of carbonyl (C=O) groups is 2. The van der Waals surface area contributed by atoms with Crippen molar-refractivity contribution < 1.29 is 19.1 Å². The lowest BCUT2D eigenvalue weighted by Gasteiger charge is -2.28. The largest absolute Gasteiger partial charge is 0.478 e. The highest BCUT2D eigenvalue weighted by Crippen LogP contribution is 2.36. The van der Waals surface area contributed by atoms with Gasteiger partial charge in [0.25, 0.3) is 0 Å². The van der Waals surface area contributed by atoms with Crippen molar-refractivity contribution in [2.45, 2.75) is 11.4 Å². The van der Waals surface area contributed by atoms with Crippen LogP contribution < -0.4 is 4.90 Å². The number of carbonyl (C=O) groups excluding carboxylic acids is 1. The molecule has 0 unspecified atom stereocenters. The van der Waals surface area contributed by atoms with Gasteiger partial charge in [-0.1, -0.05) is 0 Å². The van der Waals surface area contributed by atoms with Crippen LogP contribution in [0.4, 0.5) is 5.69 Å². The van der Waals surface area contributed by atoms with E-state index in [9.17, 15) is 9.59 Å². The average molecular weight is 289 g/mol. The summed E-state index contributed by atoms with van der Waals surface area (Å²) >= 11 is 1.42. The molecular weight excluding hydrogens is 278 g/mol. The van der Waals surface area contributed by atoms with E-state index in [0.29, 0.717) is 23.7 Å². The lowest BCUT2D eigenvalue weighted by molar-refractivity contribution is -0.116. The molecule has 1 aliphatic rings. The van der Waals surface area contributed by atoms with E-state index in [2.05, 4.69) is 0 Å². The van der Waals surface area contributed by atoms with E-state index in [4.69, 9.17) is 9.52 Å². The van der Waals surface area contributed by atoms with Gasteiger partial charge in [0.2, 0.25) is 5.91 Å². The predicted octanol–water partition coefficient (Wildman–Crippen LogP) is 2.62. The number of fused-ring (bicyclic) bond motifs is 1. The van der Waals surface area contributed by atoms with E-state index >= 15 is 0 Å². The summed E-state index contributed by atoms with van der Waals surface area (Å²) in [7, 11) is 0. The third kappa shape index (κ3) is 2.30. The Bertz CT molecular complexity index is 666. The van der Waals surface area contributed by atoms with Crippen molar-refractivity contribution in [1.82, 2.24) is 0 Å². The van der Waals surface area contributed by atoms with Gasteiger partial charge in [-0.25, -0.2) is 4.79 Å². The Hall–Kier alpha value is -2.21. The van der Waals surface area contributed by atoms with Gasteiger partial charge >= 0.3 is 5.97 Å². The maximum absolute atomic E-state index is 12.1. The summed E-state index contributed by atoms with van der Waals surface area (Å²) in [6, 6.07) is 8.37. The van der Waals surface area contributed by atoms with Gasteiger partial charge in [0.15, 0.2) is 0 Å². The molecule has 0 atom stereocenters. The summed E-state index contributed by atoms with van der Waals surface area (Å²) in [5.74, 6) is -0.0488. The second-order valence-electron chi connectivity index (χ2n) is 4.34. The van der Waals surface area contributed by atoms with Gasteiger partial charge < -0.3 is 14.4 Å². The molecule has 0 spiro atoms. The van der Waals surface area contributed by atoms with E-state index in [1.54, 1.807) is 35.4 Å². The van der Waals surface area contributed by atoms with Gasteiger partial charge in [-0.15, -0.1) is 11.8 Å². The highest BCUT2D eigenvalue weighted by molar-refractivity contribution is 8.00. The molecule has 2 heterocycles. The third-order valence-corrected chi connectivity index (χ3v) is 4.09. The Morgan fingerprint density at radius 3 is 2.95 bits per heavy atom. The van der Waals surface area contributed by atoms with Gasteiger partial charge in [0, 0.05) is 4.90 Å². The number of aromatic carboxylic acids is 1. The van der Waals surface area contributed by atoms with Crippen LogP contribution in [0.3, 0.4) is 0 Å². The maximum Gasteiger partial charge on any atom is 0.335 e. The molecule has 0 saturated heterocycles. The number of nitrogens with zero attached hydrogens (tertiary/aromatic N) is 1. The molecule has 1 aromatic heterocycles. The van der Waals surface area contributed by atoms with Crippen molar-refractivity contribution in [1.29, 1.82) is 0 Å². The van der Waals surface area contributed by atoms with Crippen LogP contribution in [0.1, 0.15) is 16.1 Å². The minimum Gasteiger partial charge on any atom is -0.478 e. The van der Waals surface area contributed by atoms with Crippen molar-refractivity contribution in [3.63, 3.8) is 0 Å². The molecule has 1 aromatic carbocycles. The number of hydrogen-bond donors (Lipinski definition) is 1. The molecule has 0 fully saturated rings. The van der Waals surface area contributed by atoms with E-state index in [0.717, 1.165) is 4.90 Å². The fraction of sp³-hybridized carbons (Fsp3) is 0.143. The van der Waals surface area contributed by atoms with Crippen molar-refractivity contribution >= 4 is 29.3 Å². The topological polar surface area (TPSA) is 70.8 Å². The van der Waals surface area contributed by atoms with E-state index in [1.807, 2.05) is 0 Å². The standard InChI is InChI=1S/C14H11NO4S/c16-13-8-20-12-4-3-9(14(17)18)6-11(12)15(13)7-10-2-1-5-19-10/h1-6H,7-8H2,(H,17,18). The third-order valence-electron chi connectivity index (χ3n) is 3.04. The van der Waals surface area contributed by atoms with Crippen molar-refractivity contribution in [2.24, 2.45) is 0 Å². The Morgan fingerprint density at radius 1 is 1.40 bits per heavy atom. The molecule has 0 bridgehead atoms. The molecule has 0 saturated carbocycles. The lowest BCUT2D eigenvalue weighted by Crippen LogP contribution is -2.34. The first kappa shape index (κ1) is 12.8. The fourth-order valence-corrected chi connectivity index (χ4v) is 2.98. The fourth-order valence-electron chi connectivity index (χ4n) is 2.07. The monoisotopic (exact) mass is 289 g/mol. The number of benzene rings is 1. The first-order chi connectivity index (χ1) is 9.65. The zero-order chi connectivity index (χ0) is 14.1. The van der Waals surface area contributed by atoms with Gasteiger partial charge in [0.05, 0.1) is 29.8 Å². The Kier molecular flexibility index (Phi) is 3.23. The molecule has 102 valence electrons. The second-order valence-corrected chi connectivity index (χ2v) is 5.35. The average Bonchev–Trinajstić information content (AvgIpc) is 2.94. The first-order valence-electron chi connectivity index (χ1n) is 5.98. The van der Waals surface area contributed by atoms with Crippen molar-refractivity contribution in [2.75, 3.05) is 10.7 Å². The molecule has 20 heavy (non-hydrogen) atoms. The maximum atomic E-state index is 12.1. The Labute approximate surface area is 119 Å². The summed E-state index contributed by atoms with van der Waals surface area (Å²) in [6.45, 7) is 0.308. The highest BCUT2D eigenvalue weighted by Gasteiger charge is 2.26. The van der Waals surface area contributed by atoms with E-state index in [-0.39, 0.29) is 11.5 Å².